The third kappa shape index (κ3) is 8.15. The summed E-state index contributed by atoms with van der Waals surface area (Å²) in [7, 11) is -8.30. The van der Waals surface area contributed by atoms with Gasteiger partial charge in [0.2, 0.25) is 11.8 Å². The maximum absolute atomic E-state index is 12.4. The second-order valence-electron chi connectivity index (χ2n) is 6.71. The molecule has 1 unspecified atom stereocenters. The molecule has 0 aromatic rings. The molecule has 1 heterocycles. The van der Waals surface area contributed by atoms with E-state index in [0.29, 0.717) is 0 Å². The molecule has 0 aliphatic carbocycles. The van der Waals surface area contributed by atoms with Gasteiger partial charge in [-0.3, -0.25) is 18.7 Å². The fraction of sp³-hybridized carbons (Fsp3) is 0.857. The van der Waals surface area contributed by atoms with Crippen LogP contribution >= 0.6 is 15.4 Å². The van der Waals surface area contributed by atoms with Crippen molar-refractivity contribution >= 4 is 27.2 Å². The molecule has 0 aromatic heterocycles. The molecule has 1 fully saturated rings. The van der Waals surface area contributed by atoms with Crippen molar-refractivity contribution in [3.8, 4) is 0 Å². The lowest BCUT2D eigenvalue weighted by Crippen LogP contribution is -2.66. The largest absolute Gasteiger partial charge is 0.472 e. The maximum Gasteiger partial charge on any atom is 0.472 e. The fourth-order valence-corrected chi connectivity index (χ4v) is 3.76. The van der Waals surface area contributed by atoms with Crippen LogP contribution in [0.3, 0.4) is 0 Å². The van der Waals surface area contributed by atoms with Crippen LogP contribution in [-0.2, 0) is 37.2 Å². The van der Waals surface area contributed by atoms with Gasteiger partial charge in [0.05, 0.1) is 6.61 Å². The molecule has 0 saturated carbocycles. The second-order valence-corrected chi connectivity index (χ2v) is 10.2. The molecule has 31 heavy (non-hydrogen) atoms. The lowest BCUT2D eigenvalue weighted by Gasteiger charge is -2.44. The second kappa shape index (κ2) is 11.3. The molecule has 0 spiro atoms. The van der Waals surface area contributed by atoms with E-state index >= 15 is 0 Å². The van der Waals surface area contributed by atoms with E-state index in [1.54, 1.807) is 0 Å². The summed E-state index contributed by atoms with van der Waals surface area (Å²) in [4.78, 5) is 51.7. The Balaban J connectivity index is 3.11. The number of nitrogens with one attached hydrogen (secondary N) is 2. The van der Waals surface area contributed by atoms with Gasteiger partial charge >= 0.3 is 15.4 Å². The van der Waals surface area contributed by atoms with Crippen LogP contribution < -0.4 is 10.6 Å². The third-order valence-corrected chi connectivity index (χ3v) is 6.41. The highest BCUT2D eigenvalue weighted by atomic mass is 31.2. The van der Waals surface area contributed by atoms with Gasteiger partial charge in [0.15, 0.2) is 6.29 Å². The monoisotopic (exact) mass is 494 g/mol. The average Bonchev–Trinajstić information content (AvgIpc) is 2.64. The average molecular weight is 494 g/mol. The van der Waals surface area contributed by atoms with E-state index in [1.165, 1.54) is 13.8 Å². The molecular formula is C14H28N2O13P2. The van der Waals surface area contributed by atoms with Crippen molar-refractivity contribution in [2.24, 2.45) is 0 Å². The number of hydrogen-bond acceptors (Lipinski definition) is 10. The minimum Gasteiger partial charge on any atom is -0.394 e. The van der Waals surface area contributed by atoms with Crippen LogP contribution in [0.25, 0.3) is 0 Å². The Morgan fingerprint density at radius 3 is 2.23 bits per heavy atom. The van der Waals surface area contributed by atoms with Crippen LogP contribution in [0, 0.1) is 0 Å². The Bertz CT molecular complexity index is 731. The van der Waals surface area contributed by atoms with Crippen molar-refractivity contribution in [1.82, 2.24) is 10.6 Å². The van der Waals surface area contributed by atoms with Crippen LogP contribution in [0.1, 0.15) is 20.8 Å². The molecule has 8 atom stereocenters. The number of ether oxygens (including phenoxy) is 2. The number of phosphoric ester groups is 1. The summed E-state index contributed by atoms with van der Waals surface area (Å²) < 4.78 is 42.6. The topological polar surface area (TPSA) is 230 Å². The van der Waals surface area contributed by atoms with Gasteiger partial charge in [-0.2, -0.15) is 0 Å². The summed E-state index contributed by atoms with van der Waals surface area (Å²) in [6.07, 6.45) is -7.88. The zero-order chi connectivity index (χ0) is 24.1. The Labute approximate surface area is 177 Å². The van der Waals surface area contributed by atoms with Crippen LogP contribution in [0.2, 0.25) is 0 Å². The van der Waals surface area contributed by atoms with Gasteiger partial charge < -0.3 is 49.5 Å². The maximum atomic E-state index is 12.4. The van der Waals surface area contributed by atoms with Gasteiger partial charge in [-0.15, -0.1) is 0 Å². The van der Waals surface area contributed by atoms with E-state index in [-0.39, 0.29) is 0 Å². The summed E-state index contributed by atoms with van der Waals surface area (Å²) in [6.45, 7) is 2.69. The van der Waals surface area contributed by atoms with Crippen LogP contribution in [-0.4, -0.2) is 93.0 Å². The molecule has 0 bridgehead atoms. The van der Waals surface area contributed by atoms with Crippen LogP contribution in [0.15, 0.2) is 0 Å². The van der Waals surface area contributed by atoms with E-state index in [1.807, 2.05) is 0 Å². The predicted molar refractivity (Wildman–Crippen MR) is 101 cm³/mol. The molecule has 2 amide bonds. The first-order valence-corrected chi connectivity index (χ1v) is 12.1. The van der Waals surface area contributed by atoms with Crippen molar-refractivity contribution in [2.75, 3.05) is 13.7 Å². The smallest absolute Gasteiger partial charge is 0.394 e. The highest BCUT2D eigenvalue weighted by Crippen LogP contribution is 2.45. The van der Waals surface area contributed by atoms with Crippen molar-refractivity contribution in [1.29, 1.82) is 0 Å². The van der Waals surface area contributed by atoms with Gasteiger partial charge in [0, 0.05) is 14.0 Å². The molecule has 1 rings (SSSR count). The van der Waals surface area contributed by atoms with Crippen LogP contribution in [0.4, 0.5) is 0 Å². The summed E-state index contributed by atoms with van der Waals surface area (Å²) in [5.41, 5.74) is 0. The number of amides is 2. The Hall–Kier alpha value is -0.960. The minimum atomic E-state index is -5.14. The lowest BCUT2D eigenvalue weighted by atomic mass is 9.96. The molecule has 0 aromatic carbocycles. The highest BCUT2D eigenvalue weighted by molar-refractivity contribution is 7.53. The number of aliphatic hydroxyl groups is 2. The van der Waals surface area contributed by atoms with E-state index in [0.717, 1.165) is 14.0 Å². The SMILES string of the molecule is COP(=O)(O)[C@H](C)NC(=O)[C@@H](C)O[C@H]1[C@H](O)[C@@H](CO)O[C@@H](OP(=O)(O)O)[C@@H]1NC(C)=O. The van der Waals surface area contributed by atoms with Crippen molar-refractivity contribution in [3.63, 3.8) is 0 Å². The minimum absolute atomic E-state index is 0.705. The standard InChI is InChI=1S/C14H28N2O13P2/c1-6(13(20)16-8(3)30(21,22)26-4)27-12-10(15-7(2)18)14(29-31(23,24)25)28-9(5-17)11(12)19/h6,8-12,14,17,19H,5H2,1-4H3,(H,15,18)(H,16,20)(H,21,22)(H2,23,24,25)/t6-,8-,9-,10-,11-,12-,14+/m1/s1. The predicted octanol–water partition coefficient (Wildman–Crippen LogP) is -2.25. The molecule has 1 saturated heterocycles. The fourth-order valence-electron chi connectivity index (χ4n) is 2.70. The molecule has 0 radical (unpaired) electrons. The number of rotatable bonds is 10. The van der Waals surface area contributed by atoms with Crippen molar-refractivity contribution < 1.29 is 62.1 Å². The Kier molecular flexibility index (Phi) is 10.2. The lowest BCUT2D eigenvalue weighted by molar-refractivity contribution is -0.261. The molecule has 182 valence electrons. The highest BCUT2D eigenvalue weighted by Gasteiger charge is 2.49. The Morgan fingerprint density at radius 2 is 1.77 bits per heavy atom. The first-order chi connectivity index (χ1) is 14.1. The van der Waals surface area contributed by atoms with Gasteiger partial charge in [0.25, 0.3) is 0 Å². The van der Waals surface area contributed by atoms with Gasteiger partial charge in [-0.25, -0.2) is 4.57 Å². The summed E-state index contributed by atoms with van der Waals surface area (Å²) >= 11 is 0. The van der Waals surface area contributed by atoms with E-state index in [4.69, 9.17) is 19.3 Å². The van der Waals surface area contributed by atoms with Crippen molar-refractivity contribution in [3.05, 3.63) is 0 Å². The number of hydrogen-bond donors (Lipinski definition) is 7. The molecule has 1 aliphatic heterocycles. The van der Waals surface area contributed by atoms with Gasteiger partial charge in [0.1, 0.15) is 36.2 Å². The molecule has 15 nitrogen and oxygen atoms in total. The zero-order valence-corrected chi connectivity index (χ0v) is 18.9. The molecular weight excluding hydrogens is 466 g/mol. The van der Waals surface area contributed by atoms with Gasteiger partial charge in [-0.05, 0) is 13.8 Å². The number of aliphatic hydroxyl groups excluding tert-OH is 2. The van der Waals surface area contributed by atoms with E-state index in [9.17, 15) is 33.8 Å². The quantitative estimate of drug-likeness (QED) is 0.159. The van der Waals surface area contributed by atoms with Gasteiger partial charge in [-0.1, -0.05) is 0 Å². The summed E-state index contributed by atoms with van der Waals surface area (Å²) in [5, 5.41) is 24.3. The number of carbonyl (C=O) groups excluding carboxylic acids is 2. The normalized spacial score (nSPS) is 30.7. The molecule has 7 N–H and O–H groups in total. The Morgan fingerprint density at radius 1 is 1.19 bits per heavy atom. The van der Waals surface area contributed by atoms with E-state index < -0.39 is 76.4 Å². The first-order valence-electron chi connectivity index (χ1n) is 8.92. The van der Waals surface area contributed by atoms with Crippen LogP contribution in [0.5, 0.6) is 0 Å². The summed E-state index contributed by atoms with van der Waals surface area (Å²) in [6, 6.07) is -1.50. The zero-order valence-electron chi connectivity index (χ0n) is 17.1. The molecule has 1 aliphatic rings. The molecule has 17 heteroatoms. The number of carbonyl (C=O) groups is 2. The summed E-state index contributed by atoms with van der Waals surface area (Å²) in [5.74, 6) is -2.91. The number of phosphoric acid groups is 1. The van der Waals surface area contributed by atoms with Crippen molar-refractivity contribution in [2.45, 2.75) is 63.3 Å². The van der Waals surface area contributed by atoms with E-state index in [2.05, 4.69) is 19.7 Å². The third-order valence-electron chi connectivity index (χ3n) is 4.30. The first kappa shape index (κ1) is 28.1.